The molecule has 0 amide bonds. The highest BCUT2D eigenvalue weighted by atomic mass is 16.5. The van der Waals surface area contributed by atoms with Crippen LogP contribution in [0, 0.1) is 0 Å². The van der Waals surface area contributed by atoms with Crippen molar-refractivity contribution in [3.05, 3.63) is 47.6 Å². The number of nitrogens with zero attached hydrogens (tertiary/aromatic N) is 2. The van der Waals surface area contributed by atoms with Gasteiger partial charge in [-0.15, -0.1) is 0 Å². The van der Waals surface area contributed by atoms with Crippen molar-refractivity contribution < 1.29 is 4.52 Å². The third kappa shape index (κ3) is 2.90. The highest BCUT2D eigenvalue weighted by Gasteiger charge is 2.25. The fourth-order valence-electron chi connectivity index (χ4n) is 2.60. The molecule has 1 heterocycles. The Hall–Kier alpha value is -1.68. The zero-order chi connectivity index (χ0) is 13.8. The van der Waals surface area contributed by atoms with Crippen molar-refractivity contribution in [3.63, 3.8) is 0 Å². The van der Waals surface area contributed by atoms with Crippen molar-refractivity contribution in [3.8, 4) is 0 Å². The molecule has 1 fully saturated rings. The first-order chi connectivity index (χ1) is 9.86. The fraction of sp³-hybridized carbons (Fsp3) is 0.500. The lowest BCUT2D eigenvalue weighted by atomic mass is 9.85. The molecule has 4 nitrogen and oxygen atoms in total. The maximum absolute atomic E-state index is 5.42. The van der Waals surface area contributed by atoms with Gasteiger partial charge < -0.3 is 9.84 Å². The van der Waals surface area contributed by atoms with Crippen LogP contribution in [0.2, 0.25) is 0 Å². The molecule has 3 rings (SSSR count). The van der Waals surface area contributed by atoms with Gasteiger partial charge in [-0.25, -0.2) is 0 Å². The van der Waals surface area contributed by atoms with Crippen molar-refractivity contribution in [1.29, 1.82) is 0 Å². The van der Waals surface area contributed by atoms with E-state index in [0.29, 0.717) is 5.92 Å². The Balaban J connectivity index is 1.71. The third-order valence-corrected chi connectivity index (χ3v) is 3.99. The standard InChI is InChI=1S/C16H21N3O/c1-2-17-14(12-7-4-3-5-8-12)11-15-18-16(19-20-15)13-9-6-10-13/h3-5,7-8,13-14,17H,2,6,9-11H2,1H3. The molecule has 106 valence electrons. The normalized spacial score (nSPS) is 16.9. The molecule has 1 N–H and O–H groups in total. The Labute approximate surface area is 119 Å². The van der Waals surface area contributed by atoms with E-state index in [1.807, 2.05) is 6.07 Å². The number of likely N-dealkylation sites (N-methyl/N-ethyl adjacent to an activating group) is 1. The lowest BCUT2D eigenvalue weighted by Crippen LogP contribution is -2.23. The molecule has 1 unspecified atom stereocenters. The summed E-state index contributed by atoms with van der Waals surface area (Å²) in [5.74, 6) is 2.16. The molecule has 1 aromatic carbocycles. The SMILES string of the molecule is CCNC(Cc1nc(C2CCC2)no1)c1ccccc1. The van der Waals surface area contributed by atoms with E-state index in [4.69, 9.17) is 4.52 Å². The number of hydrogen-bond acceptors (Lipinski definition) is 4. The van der Waals surface area contributed by atoms with Crippen LogP contribution in [0.1, 0.15) is 55.4 Å². The number of aromatic nitrogens is 2. The molecule has 0 spiro atoms. The molecule has 0 aliphatic heterocycles. The molecular formula is C16H21N3O. The summed E-state index contributed by atoms with van der Waals surface area (Å²) in [4.78, 5) is 4.56. The highest BCUT2D eigenvalue weighted by Crippen LogP contribution is 2.34. The van der Waals surface area contributed by atoms with Crippen molar-refractivity contribution >= 4 is 0 Å². The zero-order valence-electron chi connectivity index (χ0n) is 11.9. The molecule has 0 bridgehead atoms. The van der Waals surface area contributed by atoms with Crippen LogP contribution in [-0.2, 0) is 6.42 Å². The first kappa shape index (κ1) is 13.3. The summed E-state index contributed by atoms with van der Waals surface area (Å²) in [6.07, 6.45) is 4.44. The Bertz CT molecular complexity index is 534. The van der Waals surface area contributed by atoms with Gasteiger partial charge in [0.25, 0.3) is 0 Å². The van der Waals surface area contributed by atoms with E-state index in [0.717, 1.165) is 24.7 Å². The maximum Gasteiger partial charge on any atom is 0.228 e. The van der Waals surface area contributed by atoms with Crippen molar-refractivity contribution in [2.45, 2.75) is 44.6 Å². The van der Waals surface area contributed by atoms with E-state index in [1.54, 1.807) is 0 Å². The summed E-state index contributed by atoms with van der Waals surface area (Å²) in [7, 11) is 0. The van der Waals surface area contributed by atoms with Crippen LogP contribution >= 0.6 is 0 Å². The molecule has 1 aliphatic carbocycles. The van der Waals surface area contributed by atoms with Gasteiger partial charge in [0.05, 0.1) is 0 Å². The van der Waals surface area contributed by atoms with Gasteiger partial charge in [-0.3, -0.25) is 0 Å². The van der Waals surface area contributed by atoms with Crippen molar-refractivity contribution in [2.24, 2.45) is 0 Å². The minimum atomic E-state index is 0.232. The van der Waals surface area contributed by atoms with Gasteiger partial charge in [0.15, 0.2) is 5.82 Å². The smallest absolute Gasteiger partial charge is 0.228 e. The second kappa shape index (κ2) is 6.18. The molecule has 1 atom stereocenters. The summed E-state index contributed by atoms with van der Waals surface area (Å²) in [5.41, 5.74) is 1.26. The molecule has 20 heavy (non-hydrogen) atoms. The molecule has 1 aliphatic rings. The Morgan fingerprint density at radius 1 is 1.30 bits per heavy atom. The Morgan fingerprint density at radius 2 is 2.10 bits per heavy atom. The van der Waals surface area contributed by atoms with Crippen LogP contribution in [0.3, 0.4) is 0 Å². The zero-order valence-corrected chi connectivity index (χ0v) is 11.9. The van der Waals surface area contributed by atoms with E-state index in [2.05, 4.69) is 46.6 Å². The molecule has 2 aromatic rings. The Kier molecular flexibility index (Phi) is 4.11. The minimum Gasteiger partial charge on any atom is -0.339 e. The maximum atomic E-state index is 5.42. The molecule has 0 radical (unpaired) electrons. The summed E-state index contributed by atoms with van der Waals surface area (Å²) < 4.78 is 5.42. The quantitative estimate of drug-likeness (QED) is 0.876. The highest BCUT2D eigenvalue weighted by molar-refractivity contribution is 5.20. The van der Waals surface area contributed by atoms with Crippen LogP contribution in [0.25, 0.3) is 0 Å². The molecule has 4 heteroatoms. The first-order valence-electron chi connectivity index (χ1n) is 7.47. The van der Waals surface area contributed by atoms with E-state index < -0.39 is 0 Å². The molecule has 1 saturated carbocycles. The predicted octanol–water partition coefficient (Wildman–Crippen LogP) is 3.23. The largest absolute Gasteiger partial charge is 0.339 e. The first-order valence-corrected chi connectivity index (χ1v) is 7.47. The van der Waals surface area contributed by atoms with Crippen LogP contribution in [0.15, 0.2) is 34.9 Å². The number of benzene rings is 1. The van der Waals surface area contributed by atoms with Crippen LogP contribution in [-0.4, -0.2) is 16.7 Å². The van der Waals surface area contributed by atoms with Gasteiger partial charge in [0.1, 0.15) is 0 Å². The number of rotatable bonds is 6. The van der Waals surface area contributed by atoms with E-state index in [1.165, 1.54) is 24.8 Å². The van der Waals surface area contributed by atoms with Gasteiger partial charge in [0, 0.05) is 18.4 Å². The van der Waals surface area contributed by atoms with Gasteiger partial charge in [-0.05, 0) is 24.9 Å². The molecular weight excluding hydrogens is 250 g/mol. The fourth-order valence-corrected chi connectivity index (χ4v) is 2.60. The molecule has 1 aromatic heterocycles. The minimum absolute atomic E-state index is 0.232. The van der Waals surface area contributed by atoms with E-state index >= 15 is 0 Å². The summed E-state index contributed by atoms with van der Waals surface area (Å²) in [5, 5.41) is 7.62. The average molecular weight is 271 g/mol. The number of hydrogen-bond donors (Lipinski definition) is 1. The lowest BCUT2D eigenvalue weighted by Gasteiger charge is -2.21. The van der Waals surface area contributed by atoms with Gasteiger partial charge in [-0.2, -0.15) is 4.98 Å². The second-order valence-corrected chi connectivity index (χ2v) is 5.40. The number of nitrogens with one attached hydrogen (secondary N) is 1. The topological polar surface area (TPSA) is 51.0 Å². The van der Waals surface area contributed by atoms with Gasteiger partial charge in [-0.1, -0.05) is 48.8 Å². The molecule has 0 saturated heterocycles. The van der Waals surface area contributed by atoms with Crippen LogP contribution < -0.4 is 5.32 Å². The lowest BCUT2D eigenvalue weighted by molar-refractivity contribution is 0.338. The van der Waals surface area contributed by atoms with Gasteiger partial charge in [0.2, 0.25) is 5.89 Å². The van der Waals surface area contributed by atoms with Crippen LogP contribution in [0.5, 0.6) is 0 Å². The Morgan fingerprint density at radius 3 is 2.75 bits per heavy atom. The predicted molar refractivity (Wildman–Crippen MR) is 77.5 cm³/mol. The van der Waals surface area contributed by atoms with Crippen molar-refractivity contribution in [1.82, 2.24) is 15.5 Å². The average Bonchev–Trinajstić information content (AvgIpc) is 2.85. The van der Waals surface area contributed by atoms with E-state index in [9.17, 15) is 0 Å². The summed E-state index contributed by atoms with van der Waals surface area (Å²) in [6.45, 7) is 3.03. The van der Waals surface area contributed by atoms with Gasteiger partial charge >= 0.3 is 0 Å². The van der Waals surface area contributed by atoms with E-state index in [-0.39, 0.29) is 6.04 Å². The van der Waals surface area contributed by atoms with Crippen molar-refractivity contribution in [2.75, 3.05) is 6.54 Å². The third-order valence-electron chi connectivity index (χ3n) is 3.99. The second-order valence-electron chi connectivity index (χ2n) is 5.40. The van der Waals surface area contributed by atoms with Crippen LogP contribution in [0.4, 0.5) is 0 Å². The monoisotopic (exact) mass is 271 g/mol. The summed E-state index contributed by atoms with van der Waals surface area (Å²) in [6, 6.07) is 10.7. The summed E-state index contributed by atoms with van der Waals surface area (Å²) >= 11 is 0.